The molecule has 1 N–H and O–H groups in total. The summed E-state index contributed by atoms with van der Waals surface area (Å²) in [6, 6.07) is 7.81. The maximum Gasteiger partial charge on any atom is 0.263 e. The van der Waals surface area contributed by atoms with E-state index in [1.54, 1.807) is 14.0 Å². The van der Waals surface area contributed by atoms with Crippen LogP contribution in [0.5, 0.6) is 5.75 Å². The number of rotatable bonds is 4. The van der Waals surface area contributed by atoms with Crippen molar-refractivity contribution in [3.8, 4) is 11.8 Å². The fourth-order valence-corrected chi connectivity index (χ4v) is 2.27. The van der Waals surface area contributed by atoms with E-state index in [0.29, 0.717) is 22.8 Å². The summed E-state index contributed by atoms with van der Waals surface area (Å²) in [4.78, 5) is 12.0. The molecule has 2 rings (SSSR count). The summed E-state index contributed by atoms with van der Waals surface area (Å²) < 4.78 is 6.97. The van der Waals surface area contributed by atoms with Crippen molar-refractivity contribution in [2.24, 2.45) is 7.05 Å². The van der Waals surface area contributed by atoms with Crippen LogP contribution in [0.3, 0.4) is 0 Å². The predicted octanol–water partition coefficient (Wildman–Crippen LogP) is 2.23. The number of ether oxygens (including phenoxy) is 1. The minimum absolute atomic E-state index is 0.127. The zero-order valence-corrected chi connectivity index (χ0v) is 13.1. The number of hydrogen-bond donors (Lipinski definition) is 1. The van der Waals surface area contributed by atoms with E-state index in [2.05, 4.69) is 10.4 Å². The Kier molecular flexibility index (Phi) is 4.47. The first-order valence-corrected chi connectivity index (χ1v) is 6.85. The third kappa shape index (κ3) is 3.44. The van der Waals surface area contributed by atoms with Gasteiger partial charge in [0.2, 0.25) is 0 Å². The van der Waals surface area contributed by atoms with Gasteiger partial charge in [0.1, 0.15) is 23.2 Å². The number of hydrogen-bond acceptors (Lipinski definition) is 4. The number of nitrogens with one attached hydrogen (secondary N) is 1. The highest BCUT2D eigenvalue weighted by molar-refractivity contribution is 5.92. The van der Waals surface area contributed by atoms with Crippen LogP contribution in [-0.4, -0.2) is 22.3 Å². The van der Waals surface area contributed by atoms with Gasteiger partial charge in [-0.3, -0.25) is 9.48 Å². The maximum absolute atomic E-state index is 12.0. The Morgan fingerprint density at radius 1 is 1.32 bits per heavy atom. The lowest BCUT2D eigenvalue weighted by Gasteiger charge is -2.09. The van der Waals surface area contributed by atoms with Crippen molar-refractivity contribution < 1.29 is 9.53 Å². The molecule has 0 aliphatic rings. The molecule has 0 aliphatic carbocycles. The Morgan fingerprint density at radius 3 is 2.55 bits per heavy atom. The van der Waals surface area contributed by atoms with E-state index < -0.39 is 0 Å². The van der Waals surface area contributed by atoms with Gasteiger partial charge in [-0.15, -0.1) is 0 Å². The lowest BCUT2D eigenvalue weighted by Crippen LogP contribution is -2.22. The molecule has 0 bridgehead atoms. The highest BCUT2D eigenvalue weighted by Gasteiger charge is 2.15. The van der Waals surface area contributed by atoms with E-state index in [1.165, 1.54) is 4.68 Å². The number of anilines is 1. The normalized spacial score (nSPS) is 10.1. The Bertz CT molecular complexity index is 736. The van der Waals surface area contributed by atoms with Crippen LogP contribution < -0.4 is 10.1 Å². The van der Waals surface area contributed by atoms with Gasteiger partial charge in [-0.2, -0.15) is 10.4 Å². The largest absolute Gasteiger partial charge is 0.484 e. The highest BCUT2D eigenvalue weighted by Crippen LogP contribution is 2.18. The second-order valence-corrected chi connectivity index (χ2v) is 5.20. The minimum Gasteiger partial charge on any atom is -0.484 e. The van der Waals surface area contributed by atoms with Crippen LogP contribution in [0, 0.1) is 32.1 Å². The lowest BCUT2D eigenvalue weighted by molar-refractivity contribution is -0.118. The summed E-state index contributed by atoms with van der Waals surface area (Å²) in [7, 11) is 1.67. The van der Waals surface area contributed by atoms with Crippen LogP contribution in [0.1, 0.15) is 22.4 Å². The van der Waals surface area contributed by atoms with Gasteiger partial charge in [-0.25, -0.2) is 0 Å². The van der Waals surface area contributed by atoms with Gasteiger partial charge < -0.3 is 10.1 Å². The third-order valence-corrected chi connectivity index (χ3v) is 3.16. The Balaban J connectivity index is 2.04. The van der Waals surface area contributed by atoms with Crippen molar-refractivity contribution in [2.45, 2.75) is 20.8 Å². The minimum atomic E-state index is -0.335. The molecule has 114 valence electrons. The molecule has 0 fully saturated rings. The first-order valence-electron chi connectivity index (χ1n) is 6.85. The number of amides is 1. The van der Waals surface area contributed by atoms with Crippen LogP contribution in [-0.2, 0) is 11.8 Å². The van der Waals surface area contributed by atoms with E-state index in [9.17, 15) is 4.79 Å². The lowest BCUT2D eigenvalue weighted by atomic mass is 10.1. The fourth-order valence-electron chi connectivity index (χ4n) is 2.27. The number of aryl methyl sites for hydroxylation is 4. The van der Waals surface area contributed by atoms with Gasteiger partial charge in [0.15, 0.2) is 6.61 Å². The molecule has 1 heterocycles. The van der Waals surface area contributed by atoms with Crippen molar-refractivity contribution in [1.29, 1.82) is 5.26 Å². The zero-order chi connectivity index (χ0) is 16.3. The fraction of sp³-hybridized carbons (Fsp3) is 0.312. The molecule has 1 aromatic heterocycles. The molecule has 0 spiro atoms. The van der Waals surface area contributed by atoms with E-state index in [-0.39, 0.29) is 12.5 Å². The topological polar surface area (TPSA) is 79.9 Å². The molecule has 0 saturated heterocycles. The number of aromatic nitrogens is 2. The smallest absolute Gasteiger partial charge is 0.263 e. The summed E-state index contributed by atoms with van der Waals surface area (Å²) in [5.41, 5.74) is 3.09. The van der Waals surface area contributed by atoms with Crippen molar-refractivity contribution in [3.05, 3.63) is 40.6 Å². The summed E-state index contributed by atoms with van der Waals surface area (Å²) in [6.45, 7) is 5.54. The second-order valence-electron chi connectivity index (χ2n) is 5.20. The Hall–Kier alpha value is -2.81. The van der Waals surface area contributed by atoms with Gasteiger partial charge in [0.05, 0.1) is 5.69 Å². The number of carbonyl (C=O) groups excluding carboxylic acids is 1. The zero-order valence-electron chi connectivity index (χ0n) is 13.1. The second kappa shape index (κ2) is 6.31. The molecule has 0 unspecified atom stereocenters. The molecule has 0 radical (unpaired) electrons. The number of nitriles is 1. The summed E-state index contributed by atoms with van der Waals surface area (Å²) >= 11 is 0. The average molecular weight is 298 g/mol. The molecular formula is C16H18N4O2. The van der Waals surface area contributed by atoms with Crippen LogP contribution in [0.25, 0.3) is 0 Å². The van der Waals surface area contributed by atoms with Crippen LogP contribution >= 0.6 is 0 Å². The van der Waals surface area contributed by atoms with E-state index in [4.69, 9.17) is 10.00 Å². The maximum atomic E-state index is 12.0. The Labute approximate surface area is 129 Å². The average Bonchev–Trinajstić information content (AvgIpc) is 2.69. The number of carbonyl (C=O) groups is 1. The summed E-state index contributed by atoms with van der Waals surface area (Å²) in [6.07, 6.45) is 0. The van der Waals surface area contributed by atoms with Crippen molar-refractivity contribution in [2.75, 3.05) is 11.9 Å². The molecule has 6 nitrogen and oxygen atoms in total. The van der Waals surface area contributed by atoms with Crippen LogP contribution in [0.15, 0.2) is 18.2 Å². The number of benzene rings is 1. The summed E-state index contributed by atoms with van der Waals surface area (Å²) in [5, 5.41) is 15.9. The summed E-state index contributed by atoms with van der Waals surface area (Å²) in [5.74, 6) is 0.696. The predicted molar refractivity (Wildman–Crippen MR) is 82.7 cm³/mol. The molecule has 0 saturated carbocycles. The van der Waals surface area contributed by atoms with Crippen molar-refractivity contribution in [1.82, 2.24) is 9.78 Å². The molecule has 0 aliphatic heterocycles. The van der Waals surface area contributed by atoms with E-state index >= 15 is 0 Å². The molecule has 2 aromatic rings. The Morgan fingerprint density at radius 2 is 1.95 bits per heavy atom. The quantitative estimate of drug-likeness (QED) is 0.938. The van der Waals surface area contributed by atoms with Crippen molar-refractivity contribution >= 4 is 11.7 Å². The first kappa shape index (κ1) is 15.6. The van der Waals surface area contributed by atoms with Gasteiger partial charge in [-0.05, 0) is 44.0 Å². The van der Waals surface area contributed by atoms with Crippen molar-refractivity contribution in [3.63, 3.8) is 0 Å². The third-order valence-electron chi connectivity index (χ3n) is 3.16. The molecule has 1 amide bonds. The van der Waals surface area contributed by atoms with Crippen LogP contribution in [0.4, 0.5) is 5.82 Å². The van der Waals surface area contributed by atoms with Gasteiger partial charge in [0.25, 0.3) is 5.91 Å². The van der Waals surface area contributed by atoms with Gasteiger partial charge in [-0.1, -0.05) is 6.07 Å². The standard InChI is InChI=1S/C16H18N4O2/c1-10-5-11(2)7-13(6-10)22-9-15(21)18-16-14(8-17)12(3)19-20(16)4/h5-7H,9H2,1-4H3,(H,18,21). The molecule has 22 heavy (non-hydrogen) atoms. The first-order chi connectivity index (χ1) is 10.4. The SMILES string of the molecule is Cc1cc(C)cc(OCC(=O)Nc2c(C#N)c(C)nn2C)c1. The number of nitrogens with zero attached hydrogens (tertiary/aromatic N) is 3. The monoisotopic (exact) mass is 298 g/mol. The molecule has 0 atom stereocenters. The molecule has 1 aromatic carbocycles. The van der Waals surface area contributed by atoms with E-state index in [1.807, 2.05) is 38.1 Å². The van der Waals surface area contributed by atoms with Crippen LogP contribution in [0.2, 0.25) is 0 Å². The van der Waals surface area contributed by atoms with Gasteiger partial charge in [0, 0.05) is 7.05 Å². The van der Waals surface area contributed by atoms with Gasteiger partial charge >= 0.3 is 0 Å². The molecular weight excluding hydrogens is 280 g/mol. The highest BCUT2D eigenvalue weighted by atomic mass is 16.5. The van der Waals surface area contributed by atoms with E-state index in [0.717, 1.165) is 11.1 Å². The molecule has 6 heteroatoms.